The van der Waals surface area contributed by atoms with E-state index in [0.29, 0.717) is 0 Å². The highest BCUT2D eigenvalue weighted by Gasteiger charge is 2.18. The Morgan fingerprint density at radius 2 is 1.92 bits per heavy atom. The van der Waals surface area contributed by atoms with Gasteiger partial charge in [0.25, 0.3) is 0 Å². The number of unbranched alkanes of at least 4 members (excludes halogenated alkanes) is 2. The molecule has 1 heterocycles. The van der Waals surface area contributed by atoms with E-state index in [4.69, 9.17) is 9.47 Å². The fourth-order valence-electron chi connectivity index (χ4n) is 3.19. The minimum Gasteiger partial charge on any atom is -0.493 e. The number of fused-ring (bicyclic) bond motifs is 1. The lowest BCUT2D eigenvalue weighted by molar-refractivity contribution is 0.286. The van der Waals surface area contributed by atoms with Gasteiger partial charge in [0.15, 0.2) is 11.5 Å². The van der Waals surface area contributed by atoms with Crippen LogP contribution in [0.5, 0.6) is 11.5 Å². The van der Waals surface area contributed by atoms with Gasteiger partial charge in [0.05, 0.1) is 13.7 Å². The molecule has 1 aliphatic heterocycles. The number of halogens is 1. The van der Waals surface area contributed by atoms with Gasteiger partial charge in [0.1, 0.15) is 0 Å². The average Bonchev–Trinajstić information content (AvgIpc) is 2.89. The molecule has 0 aliphatic carbocycles. The second-order valence-electron chi connectivity index (χ2n) is 6.44. The number of hydrogen-bond acceptors (Lipinski definition) is 4. The Labute approximate surface area is 164 Å². The molecule has 2 aromatic rings. The first-order valence-corrected chi connectivity index (χ1v) is 10.4. The Balaban J connectivity index is 1.74. The van der Waals surface area contributed by atoms with E-state index in [1.165, 1.54) is 24.1 Å². The topological polar surface area (TPSA) is 33.7 Å². The molecule has 0 saturated carbocycles. The normalized spacial score (nSPS) is 13.5. The number of anilines is 2. The van der Waals surface area contributed by atoms with Gasteiger partial charge in [0, 0.05) is 42.4 Å². The van der Waals surface area contributed by atoms with Gasteiger partial charge in [-0.25, -0.2) is 0 Å². The molecule has 26 heavy (non-hydrogen) atoms. The first-order chi connectivity index (χ1) is 12.8. The molecule has 1 aliphatic rings. The molecule has 0 unspecified atom stereocenters. The lowest BCUT2D eigenvalue weighted by Crippen LogP contribution is -2.25. The number of nitrogens with one attached hydrogen (secondary N) is 1. The third kappa shape index (κ3) is 4.85. The summed E-state index contributed by atoms with van der Waals surface area (Å²) in [6, 6.07) is 14.7. The van der Waals surface area contributed by atoms with Gasteiger partial charge in [-0.15, -0.1) is 0 Å². The van der Waals surface area contributed by atoms with E-state index in [9.17, 15) is 0 Å². The predicted octanol–water partition coefficient (Wildman–Crippen LogP) is 5.07. The first kappa shape index (κ1) is 18.9. The van der Waals surface area contributed by atoms with E-state index in [-0.39, 0.29) is 0 Å². The Hall–Kier alpha value is -1.88. The number of para-hydroxylation sites is 1. The van der Waals surface area contributed by atoms with Crippen molar-refractivity contribution in [3.8, 4) is 11.5 Å². The third-order valence-corrected chi connectivity index (χ3v) is 5.17. The minimum atomic E-state index is 0.721. The van der Waals surface area contributed by atoms with Crippen molar-refractivity contribution in [2.45, 2.75) is 25.8 Å². The van der Waals surface area contributed by atoms with Crippen LogP contribution in [0.25, 0.3) is 0 Å². The van der Waals surface area contributed by atoms with E-state index in [1.54, 1.807) is 7.11 Å². The van der Waals surface area contributed by atoms with Gasteiger partial charge in [-0.2, -0.15) is 0 Å². The zero-order chi connectivity index (χ0) is 18.2. The maximum absolute atomic E-state index is 6.00. The summed E-state index contributed by atoms with van der Waals surface area (Å²) in [5, 5.41) is 4.60. The molecule has 0 atom stereocenters. The quantitative estimate of drug-likeness (QED) is 0.479. The summed E-state index contributed by atoms with van der Waals surface area (Å²) in [5.41, 5.74) is 3.61. The van der Waals surface area contributed by atoms with E-state index in [2.05, 4.69) is 68.6 Å². The lowest BCUT2D eigenvalue weighted by atomic mass is 10.1. The SMILES string of the molecule is COc1cc2c(cc1OCCCCCBr)NCCN(c1ccccc1)C2. The number of nitrogens with zero attached hydrogens (tertiary/aromatic N) is 1. The molecule has 5 heteroatoms. The predicted molar refractivity (Wildman–Crippen MR) is 112 cm³/mol. The standard InChI is InChI=1S/C21H27BrN2O2/c1-25-20-14-17-16-24(18-8-4-2-5-9-18)12-11-23-19(17)15-21(20)26-13-7-3-6-10-22/h2,4-5,8-9,14-15,23H,3,6-7,10-13,16H2,1H3. The molecule has 140 valence electrons. The Morgan fingerprint density at radius 1 is 1.08 bits per heavy atom. The highest BCUT2D eigenvalue weighted by Crippen LogP contribution is 2.36. The smallest absolute Gasteiger partial charge is 0.163 e. The highest BCUT2D eigenvalue weighted by atomic mass is 79.9. The molecule has 0 radical (unpaired) electrons. The van der Waals surface area contributed by atoms with E-state index in [1.807, 2.05) is 0 Å². The number of ether oxygens (including phenoxy) is 2. The second kappa shape index (κ2) is 9.72. The van der Waals surface area contributed by atoms with Crippen molar-refractivity contribution < 1.29 is 9.47 Å². The molecule has 0 aromatic heterocycles. The molecule has 2 aromatic carbocycles. The van der Waals surface area contributed by atoms with Gasteiger partial charge in [-0.3, -0.25) is 0 Å². The Kier molecular flexibility index (Phi) is 7.06. The monoisotopic (exact) mass is 418 g/mol. The average molecular weight is 419 g/mol. The number of alkyl halides is 1. The zero-order valence-electron chi connectivity index (χ0n) is 15.3. The maximum atomic E-state index is 6.00. The molecule has 0 spiro atoms. The largest absolute Gasteiger partial charge is 0.493 e. The van der Waals surface area contributed by atoms with Crippen molar-refractivity contribution in [2.75, 3.05) is 42.4 Å². The van der Waals surface area contributed by atoms with Crippen LogP contribution >= 0.6 is 15.9 Å². The van der Waals surface area contributed by atoms with Crippen molar-refractivity contribution >= 4 is 27.3 Å². The van der Waals surface area contributed by atoms with Crippen LogP contribution in [0.15, 0.2) is 42.5 Å². The second-order valence-corrected chi connectivity index (χ2v) is 7.24. The molecular formula is C21H27BrN2O2. The summed E-state index contributed by atoms with van der Waals surface area (Å²) in [4.78, 5) is 2.39. The summed E-state index contributed by atoms with van der Waals surface area (Å²) in [7, 11) is 1.71. The van der Waals surface area contributed by atoms with Crippen LogP contribution in [0.2, 0.25) is 0 Å². The van der Waals surface area contributed by atoms with Crippen LogP contribution in [0.4, 0.5) is 11.4 Å². The maximum Gasteiger partial charge on any atom is 0.163 e. The van der Waals surface area contributed by atoms with Gasteiger partial charge in [0.2, 0.25) is 0 Å². The molecule has 0 bridgehead atoms. The van der Waals surface area contributed by atoms with Crippen molar-refractivity contribution in [2.24, 2.45) is 0 Å². The summed E-state index contributed by atoms with van der Waals surface area (Å²) < 4.78 is 11.6. The van der Waals surface area contributed by atoms with Gasteiger partial charge in [-0.1, -0.05) is 34.1 Å². The van der Waals surface area contributed by atoms with E-state index < -0.39 is 0 Å². The third-order valence-electron chi connectivity index (χ3n) is 4.60. The number of hydrogen-bond donors (Lipinski definition) is 1. The van der Waals surface area contributed by atoms with Crippen LogP contribution in [0, 0.1) is 0 Å². The van der Waals surface area contributed by atoms with Gasteiger partial charge in [-0.05, 0) is 43.0 Å². The zero-order valence-corrected chi connectivity index (χ0v) is 16.9. The Bertz CT molecular complexity index is 694. The number of rotatable bonds is 8. The van der Waals surface area contributed by atoms with Crippen LogP contribution in [0.1, 0.15) is 24.8 Å². The summed E-state index contributed by atoms with van der Waals surface area (Å²) in [6.07, 6.45) is 3.41. The highest BCUT2D eigenvalue weighted by molar-refractivity contribution is 9.09. The van der Waals surface area contributed by atoms with Crippen molar-refractivity contribution in [1.82, 2.24) is 0 Å². The van der Waals surface area contributed by atoms with Crippen LogP contribution < -0.4 is 19.7 Å². The van der Waals surface area contributed by atoms with E-state index in [0.717, 1.165) is 55.2 Å². The fourth-order valence-corrected chi connectivity index (χ4v) is 3.59. The number of methoxy groups -OCH3 is 1. The Morgan fingerprint density at radius 3 is 2.69 bits per heavy atom. The fraction of sp³-hybridized carbons (Fsp3) is 0.429. The molecule has 0 amide bonds. The van der Waals surface area contributed by atoms with Crippen molar-refractivity contribution in [3.05, 3.63) is 48.0 Å². The lowest BCUT2D eigenvalue weighted by Gasteiger charge is -2.23. The molecule has 4 nitrogen and oxygen atoms in total. The molecule has 3 rings (SSSR count). The van der Waals surface area contributed by atoms with E-state index >= 15 is 0 Å². The first-order valence-electron chi connectivity index (χ1n) is 9.25. The van der Waals surface area contributed by atoms with Crippen LogP contribution in [0.3, 0.4) is 0 Å². The van der Waals surface area contributed by atoms with Crippen molar-refractivity contribution in [3.63, 3.8) is 0 Å². The summed E-state index contributed by atoms with van der Waals surface area (Å²) in [6.45, 7) is 3.44. The van der Waals surface area contributed by atoms with Crippen LogP contribution in [-0.2, 0) is 6.54 Å². The molecular weight excluding hydrogens is 392 g/mol. The van der Waals surface area contributed by atoms with Gasteiger partial charge >= 0.3 is 0 Å². The van der Waals surface area contributed by atoms with Gasteiger partial charge < -0.3 is 19.7 Å². The van der Waals surface area contributed by atoms with Crippen LogP contribution in [-0.4, -0.2) is 32.1 Å². The molecule has 1 N–H and O–H groups in total. The summed E-state index contributed by atoms with van der Waals surface area (Å²) >= 11 is 3.47. The van der Waals surface area contributed by atoms with Crippen molar-refractivity contribution in [1.29, 1.82) is 0 Å². The summed E-state index contributed by atoms with van der Waals surface area (Å²) in [5.74, 6) is 1.63. The molecule has 0 saturated heterocycles. The number of benzene rings is 2. The molecule has 0 fully saturated rings. The minimum absolute atomic E-state index is 0.721.